The third-order valence-corrected chi connectivity index (χ3v) is 5.74. The van der Waals surface area contributed by atoms with Crippen LogP contribution >= 0.6 is 27.3 Å². The summed E-state index contributed by atoms with van der Waals surface area (Å²) in [4.78, 5) is 0.177. The molecule has 4 nitrogen and oxygen atoms in total. The molecule has 0 fully saturated rings. The van der Waals surface area contributed by atoms with Crippen LogP contribution in [0.3, 0.4) is 0 Å². The molecule has 3 N–H and O–H groups in total. The highest BCUT2D eigenvalue weighted by Crippen LogP contribution is 2.23. The van der Waals surface area contributed by atoms with Crippen LogP contribution in [-0.4, -0.2) is 15.0 Å². The second-order valence-electron chi connectivity index (χ2n) is 4.17. The van der Waals surface area contributed by atoms with Gasteiger partial charge in [-0.15, -0.1) is 11.3 Å². The number of thiophene rings is 1. The van der Waals surface area contributed by atoms with Gasteiger partial charge in [0.2, 0.25) is 10.0 Å². The summed E-state index contributed by atoms with van der Waals surface area (Å²) in [5.74, 6) is -2.73. The van der Waals surface area contributed by atoms with Crippen LogP contribution in [0.5, 0.6) is 0 Å². The lowest BCUT2D eigenvalue weighted by Gasteiger charge is -2.08. The maximum atomic E-state index is 13.6. The maximum Gasteiger partial charge on any atom is 0.243 e. The third kappa shape index (κ3) is 4.00. The molecule has 0 saturated carbocycles. The van der Waals surface area contributed by atoms with Gasteiger partial charge in [0.1, 0.15) is 4.90 Å². The molecule has 1 aromatic heterocycles. The molecule has 1 heterocycles. The van der Waals surface area contributed by atoms with Crippen LogP contribution in [0, 0.1) is 11.6 Å². The molecule has 1 aromatic carbocycles. The van der Waals surface area contributed by atoms with Crippen LogP contribution < -0.4 is 10.5 Å². The average molecular weight is 397 g/mol. The van der Waals surface area contributed by atoms with Crippen molar-refractivity contribution >= 4 is 43.0 Å². The minimum Gasteiger partial charge on any atom is -0.399 e. The van der Waals surface area contributed by atoms with Gasteiger partial charge in [0.05, 0.1) is 3.79 Å². The smallest absolute Gasteiger partial charge is 0.243 e. The van der Waals surface area contributed by atoms with Gasteiger partial charge in [-0.25, -0.2) is 21.9 Å². The highest BCUT2D eigenvalue weighted by atomic mass is 79.9. The number of nitrogen functional groups attached to an aromatic ring is 1. The molecule has 9 heteroatoms. The number of nitrogens with two attached hydrogens (primary N) is 1. The fourth-order valence-electron chi connectivity index (χ4n) is 1.65. The molecule has 0 radical (unpaired) electrons. The fraction of sp³-hybridized carbons (Fsp3) is 0.167. The number of hydrogen-bond donors (Lipinski definition) is 2. The summed E-state index contributed by atoms with van der Waals surface area (Å²) in [6, 6.07) is 5.32. The zero-order valence-electron chi connectivity index (χ0n) is 10.6. The molecule has 0 aliphatic rings. The van der Waals surface area contributed by atoms with Crippen molar-refractivity contribution < 1.29 is 17.2 Å². The van der Waals surface area contributed by atoms with Crippen molar-refractivity contribution in [3.05, 3.63) is 44.6 Å². The van der Waals surface area contributed by atoms with Crippen molar-refractivity contribution in [2.75, 3.05) is 12.3 Å². The Bertz CT molecular complexity index is 763. The Balaban J connectivity index is 2.12. The van der Waals surface area contributed by atoms with Crippen molar-refractivity contribution in [2.45, 2.75) is 11.3 Å². The van der Waals surface area contributed by atoms with Crippen LogP contribution in [0.1, 0.15) is 4.88 Å². The summed E-state index contributed by atoms with van der Waals surface area (Å²) in [6.45, 7) is 0.0745. The van der Waals surface area contributed by atoms with E-state index in [1.165, 1.54) is 11.3 Å². The van der Waals surface area contributed by atoms with Gasteiger partial charge in [-0.1, -0.05) is 0 Å². The molecule has 0 aliphatic heterocycles. The molecule has 114 valence electrons. The van der Waals surface area contributed by atoms with E-state index >= 15 is 0 Å². The van der Waals surface area contributed by atoms with Gasteiger partial charge >= 0.3 is 0 Å². The Hall–Kier alpha value is -1.03. The van der Waals surface area contributed by atoms with E-state index in [9.17, 15) is 17.2 Å². The van der Waals surface area contributed by atoms with E-state index in [4.69, 9.17) is 5.73 Å². The lowest BCUT2D eigenvalue weighted by Crippen LogP contribution is -2.27. The van der Waals surface area contributed by atoms with Crippen molar-refractivity contribution in [2.24, 2.45) is 0 Å². The summed E-state index contributed by atoms with van der Waals surface area (Å²) in [7, 11) is -4.15. The number of halogens is 3. The minimum atomic E-state index is -4.15. The van der Waals surface area contributed by atoms with Gasteiger partial charge in [0, 0.05) is 17.1 Å². The molecule has 2 rings (SSSR count). The number of hydrogen-bond acceptors (Lipinski definition) is 4. The Morgan fingerprint density at radius 1 is 1.29 bits per heavy atom. The first-order valence-corrected chi connectivity index (χ1v) is 8.87. The van der Waals surface area contributed by atoms with E-state index in [-0.39, 0.29) is 12.2 Å². The highest BCUT2D eigenvalue weighted by molar-refractivity contribution is 9.11. The van der Waals surface area contributed by atoms with Crippen LogP contribution in [0.25, 0.3) is 0 Å². The number of anilines is 1. The topological polar surface area (TPSA) is 72.2 Å². The molecule has 2 aromatic rings. The highest BCUT2D eigenvalue weighted by Gasteiger charge is 2.22. The predicted octanol–water partition coefficient (Wildman–Crippen LogP) is 2.89. The molecule has 0 amide bonds. The fourth-order valence-corrected chi connectivity index (χ4v) is 4.29. The molecule has 0 bridgehead atoms. The number of rotatable bonds is 5. The minimum absolute atomic E-state index is 0.0745. The van der Waals surface area contributed by atoms with E-state index in [1.54, 1.807) is 0 Å². The van der Waals surface area contributed by atoms with Crippen molar-refractivity contribution in [3.63, 3.8) is 0 Å². The van der Waals surface area contributed by atoms with E-state index in [0.29, 0.717) is 6.42 Å². The van der Waals surface area contributed by atoms with Crippen molar-refractivity contribution in [1.82, 2.24) is 4.72 Å². The first kappa shape index (κ1) is 16.3. The Morgan fingerprint density at radius 3 is 2.62 bits per heavy atom. The number of benzene rings is 1. The van der Waals surface area contributed by atoms with Crippen LogP contribution in [0.2, 0.25) is 0 Å². The Labute approximate surface area is 133 Å². The summed E-state index contributed by atoms with van der Waals surface area (Å²) < 4.78 is 53.9. The van der Waals surface area contributed by atoms with Crippen LogP contribution in [-0.2, 0) is 16.4 Å². The third-order valence-electron chi connectivity index (χ3n) is 2.60. The average Bonchev–Trinajstić information content (AvgIpc) is 2.79. The van der Waals surface area contributed by atoms with Gasteiger partial charge in [0.15, 0.2) is 11.6 Å². The van der Waals surface area contributed by atoms with E-state index in [0.717, 1.165) is 20.8 Å². The normalized spacial score (nSPS) is 11.8. The first-order chi connectivity index (χ1) is 9.79. The molecule has 0 saturated heterocycles. The number of sulfonamides is 1. The van der Waals surface area contributed by atoms with Gasteiger partial charge < -0.3 is 5.73 Å². The van der Waals surface area contributed by atoms with E-state index in [1.807, 2.05) is 12.1 Å². The quantitative estimate of drug-likeness (QED) is 0.763. The summed E-state index contributed by atoms with van der Waals surface area (Å²) in [5.41, 5.74) is 5.19. The lowest BCUT2D eigenvalue weighted by atomic mass is 10.3. The zero-order valence-corrected chi connectivity index (χ0v) is 13.8. The first-order valence-electron chi connectivity index (χ1n) is 5.78. The predicted molar refractivity (Wildman–Crippen MR) is 81.7 cm³/mol. The van der Waals surface area contributed by atoms with Gasteiger partial charge in [0.25, 0.3) is 0 Å². The molecular formula is C12H11BrF2N2O2S2. The molecule has 0 unspecified atom stereocenters. The van der Waals surface area contributed by atoms with Crippen LogP contribution in [0.4, 0.5) is 14.5 Å². The zero-order chi connectivity index (χ0) is 15.6. The standard InChI is InChI=1S/C12H11BrF2N2O2S2/c13-11-2-1-8(20-11)3-4-17-21(18,19)10-6-7(16)5-9(14)12(10)15/h1-2,5-6,17H,3-4,16H2. The molecule has 0 atom stereocenters. The molecule has 0 spiro atoms. The SMILES string of the molecule is Nc1cc(F)c(F)c(S(=O)(=O)NCCc2ccc(Br)s2)c1. The molecule has 21 heavy (non-hydrogen) atoms. The van der Waals surface area contributed by atoms with Gasteiger partial charge in [-0.05, 0) is 46.6 Å². The second-order valence-corrected chi connectivity index (χ2v) is 8.45. The van der Waals surface area contributed by atoms with Crippen molar-refractivity contribution in [3.8, 4) is 0 Å². The molecular weight excluding hydrogens is 386 g/mol. The van der Waals surface area contributed by atoms with Gasteiger partial charge in [-0.3, -0.25) is 0 Å². The maximum absolute atomic E-state index is 13.6. The molecule has 0 aliphatic carbocycles. The summed E-state index contributed by atoms with van der Waals surface area (Å²) in [5, 5.41) is 0. The van der Waals surface area contributed by atoms with Crippen molar-refractivity contribution in [1.29, 1.82) is 0 Å². The second kappa shape index (κ2) is 6.39. The van der Waals surface area contributed by atoms with Gasteiger partial charge in [-0.2, -0.15) is 0 Å². The Kier molecular flexibility index (Phi) is 4.97. The largest absolute Gasteiger partial charge is 0.399 e. The lowest BCUT2D eigenvalue weighted by molar-refractivity contribution is 0.484. The Morgan fingerprint density at radius 2 is 2.00 bits per heavy atom. The number of nitrogens with one attached hydrogen (secondary N) is 1. The van der Waals surface area contributed by atoms with E-state index in [2.05, 4.69) is 20.7 Å². The van der Waals surface area contributed by atoms with Crippen LogP contribution in [0.15, 0.2) is 32.9 Å². The summed E-state index contributed by atoms with van der Waals surface area (Å²) in [6.07, 6.45) is 0.446. The van der Waals surface area contributed by atoms with E-state index < -0.39 is 26.6 Å². The summed E-state index contributed by atoms with van der Waals surface area (Å²) >= 11 is 4.77. The monoisotopic (exact) mass is 396 g/mol.